The third-order valence-electron chi connectivity index (χ3n) is 2.23. The van der Waals surface area contributed by atoms with Crippen LogP contribution in [0.1, 0.15) is 19.4 Å². The molecule has 1 atom stereocenters. The maximum Gasteiger partial charge on any atom is 0.322 e. The number of benzene rings is 1. The third kappa shape index (κ3) is 17.5. The van der Waals surface area contributed by atoms with Crippen molar-refractivity contribution >= 4 is 12.0 Å². The van der Waals surface area contributed by atoms with Crippen LogP contribution in [0.25, 0.3) is 6.08 Å². The van der Waals surface area contributed by atoms with Gasteiger partial charge in [-0.05, 0) is 19.4 Å². The lowest BCUT2D eigenvalue weighted by Crippen LogP contribution is -2.33. The van der Waals surface area contributed by atoms with Crippen LogP contribution in [0.15, 0.2) is 73.4 Å². The maximum absolute atomic E-state index is 9.65. The molecule has 0 aliphatic heterocycles. The average Bonchev–Trinajstić information content (AvgIpc) is 2.56. The van der Waals surface area contributed by atoms with Crippen LogP contribution in [0.2, 0.25) is 0 Å². The molecule has 0 saturated carbocycles. The molecule has 126 valence electrons. The minimum atomic E-state index is -1.18. The van der Waals surface area contributed by atoms with Crippen LogP contribution in [-0.2, 0) is 4.79 Å². The van der Waals surface area contributed by atoms with Gasteiger partial charge in [0, 0.05) is 0 Å². The van der Waals surface area contributed by atoms with Crippen molar-refractivity contribution in [3.63, 3.8) is 0 Å². The van der Waals surface area contributed by atoms with Gasteiger partial charge in [0.2, 0.25) is 0 Å². The van der Waals surface area contributed by atoms with E-state index in [0.717, 1.165) is 0 Å². The zero-order valence-corrected chi connectivity index (χ0v) is 13.9. The molecule has 0 amide bonds. The van der Waals surface area contributed by atoms with Gasteiger partial charge in [-0.1, -0.05) is 79.4 Å². The highest BCUT2D eigenvalue weighted by Crippen LogP contribution is 1.97. The van der Waals surface area contributed by atoms with Crippen LogP contribution in [0.4, 0.5) is 0 Å². The number of hydrogen-bond donors (Lipinski definition) is 3. The Hall–Kier alpha value is -2.43. The van der Waals surface area contributed by atoms with E-state index in [0.29, 0.717) is 0 Å². The van der Waals surface area contributed by atoms with Crippen molar-refractivity contribution in [1.29, 1.82) is 0 Å². The molecule has 4 N–H and O–H groups in total. The Morgan fingerprint density at radius 2 is 1.78 bits per heavy atom. The molecule has 1 aromatic carbocycles. The first-order chi connectivity index (χ1) is 10.9. The van der Waals surface area contributed by atoms with Gasteiger partial charge in [0.05, 0.1) is 6.61 Å². The van der Waals surface area contributed by atoms with Gasteiger partial charge in [-0.2, -0.15) is 0 Å². The van der Waals surface area contributed by atoms with E-state index in [2.05, 4.69) is 27.0 Å². The number of aliphatic hydroxyl groups is 1. The molecule has 4 nitrogen and oxygen atoms in total. The number of aliphatic carboxylic acids is 1. The van der Waals surface area contributed by atoms with Crippen molar-refractivity contribution in [2.24, 2.45) is 5.73 Å². The van der Waals surface area contributed by atoms with Gasteiger partial charge in [0.15, 0.2) is 0 Å². The number of aliphatic hydroxyl groups excluding tert-OH is 1. The van der Waals surface area contributed by atoms with Crippen LogP contribution < -0.4 is 5.73 Å². The summed E-state index contributed by atoms with van der Waals surface area (Å²) in [5.74, 6) is -1.18. The lowest BCUT2D eigenvalue weighted by molar-refractivity contribution is -0.139. The predicted octanol–water partition coefficient (Wildman–Crippen LogP) is 3.42. The Morgan fingerprint density at radius 3 is 2.04 bits per heavy atom. The molecule has 1 aromatic rings. The molecule has 0 aromatic heterocycles. The van der Waals surface area contributed by atoms with E-state index >= 15 is 0 Å². The van der Waals surface area contributed by atoms with E-state index in [-0.39, 0.29) is 0 Å². The molecule has 23 heavy (non-hydrogen) atoms. The van der Waals surface area contributed by atoms with Crippen molar-refractivity contribution in [2.75, 3.05) is 6.61 Å². The van der Waals surface area contributed by atoms with Gasteiger partial charge >= 0.3 is 5.97 Å². The van der Waals surface area contributed by atoms with Crippen molar-refractivity contribution in [3.05, 3.63) is 78.9 Å². The van der Waals surface area contributed by atoms with Gasteiger partial charge in [0.25, 0.3) is 0 Å². The van der Waals surface area contributed by atoms with E-state index in [4.69, 9.17) is 15.9 Å². The second-order valence-corrected chi connectivity index (χ2v) is 4.61. The Morgan fingerprint density at radius 1 is 1.22 bits per heavy atom. The molecule has 1 rings (SSSR count). The van der Waals surface area contributed by atoms with Crippen LogP contribution in [0.3, 0.4) is 0 Å². The summed E-state index contributed by atoms with van der Waals surface area (Å²) in [4.78, 5) is 9.65. The summed E-state index contributed by atoms with van der Waals surface area (Å²) in [5, 5.41) is 15.9. The molecule has 0 unspecified atom stereocenters. The van der Waals surface area contributed by atoms with E-state index in [1.54, 1.807) is 6.08 Å². The van der Waals surface area contributed by atoms with Gasteiger partial charge in [-0.25, -0.2) is 0 Å². The van der Waals surface area contributed by atoms with Crippen LogP contribution in [0.5, 0.6) is 0 Å². The first-order valence-corrected chi connectivity index (χ1v) is 7.08. The molecule has 0 heterocycles. The summed E-state index contributed by atoms with van der Waals surface area (Å²) in [7, 11) is 0. The lowest BCUT2D eigenvalue weighted by Gasteiger charge is -1.96. The quantitative estimate of drug-likeness (QED) is 0.727. The first kappa shape index (κ1) is 22.8. The fourth-order valence-corrected chi connectivity index (χ4v) is 0.994. The fraction of sp³-hybridized carbons (Fsp3) is 0.211. The fourth-order valence-electron chi connectivity index (χ4n) is 0.994. The minimum Gasteiger partial charge on any atom is -0.480 e. The highest BCUT2D eigenvalue weighted by molar-refractivity contribution is 5.73. The molecule has 0 saturated heterocycles. The number of allylic oxidation sites excluding steroid dienone is 5. The third-order valence-corrected chi connectivity index (χ3v) is 2.23. The molecule has 0 spiro atoms. The number of carboxylic acid groups (broad SMARTS) is 1. The number of carbonyl (C=O) groups is 1. The summed E-state index contributed by atoms with van der Waals surface area (Å²) < 4.78 is 0. The van der Waals surface area contributed by atoms with Gasteiger partial charge < -0.3 is 15.9 Å². The van der Waals surface area contributed by atoms with E-state index < -0.39 is 18.6 Å². The SMILES string of the molecule is C=CC=CC=C(C)C.C=Cc1ccccc1.N[C@@H](CO)C(=O)O. The van der Waals surface area contributed by atoms with Gasteiger partial charge in [-0.15, -0.1) is 0 Å². The second-order valence-electron chi connectivity index (χ2n) is 4.61. The predicted molar refractivity (Wildman–Crippen MR) is 98.0 cm³/mol. The Bertz CT molecular complexity index is 501. The average molecular weight is 317 g/mol. The standard InChI is InChI=1S/C8H8.C8H12.C3H7NO3/c1-2-8-6-4-3-5-7-8;1-4-5-6-7-8(2)3;4-2(1-5)3(6)7/h2-7H,1H2;4-7H,1H2,2-3H3;2,5H,1,4H2,(H,6,7)/t;;2-/m..0/s1. The zero-order valence-electron chi connectivity index (χ0n) is 13.9. The second kappa shape index (κ2) is 15.9. The summed E-state index contributed by atoms with van der Waals surface area (Å²) in [5.41, 5.74) is 7.25. The van der Waals surface area contributed by atoms with E-state index in [1.165, 1.54) is 11.1 Å². The number of carboxylic acids is 1. The van der Waals surface area contributed by atoms with Gasteiger partial charge in [0.1, 0.15) is 6.04 Å². The molecule has 0 radical (unpaired) electrons. The molecular formula is C19H27NO3. The molecular weight excluding hydrogens is 290 g/mol. The van der Waals surface area contributed by atoms with Crippen LogP contribution >= 0.6 is 0 Å². The first-order valence-electron chi connectivity index (χ1n) is 7.08. The summed E-state index contributed by atoms with van der Waals surface area (Å²) in [6.45, 7) is 10.8. The van der Waals surface area contributed by atoms with Crippen LogP contribution in [0, 0.1) is 0 Å². The van der Waals surface area contributed by atoms with Gasteiger partial charge in [-0.3, -0.25) is 4.79 Å². The van der Waals surface area contributed by atoms with Crippen LogP contribution in [-0.4, -0.2) is 28.8 Å². The summed E-state index contributed by atoms with van der Waals surface area (Å²) in [6.07, 6.45) is 9.52. The maximum atomic E-state index is 9.65. The number of hydrogen-bond acceptors (Lipinski definition) is 3. The smallest absolute Gasteiger partial charge is 0.322 e. The number of rotatable bonds is 5. The zero-order chi connectivity index (χ0) is 18.1. The molecule has 0 aliphatic rings. The summed E-state index contributed by atoms with van der Waals surface area (Å²) >= 11 is 0. The van der Waals surface area contributed by atoms with E-state index in [1.807, 2.05) is 54.6 Å². The van der Waals surface area contributed by atoms with Crippen molar-refractivity contribution in [2.45, 2.75) is 19.9 Å². The molecule has 0 bridgehead atoms. The van der Waals surface area contributed by atoms with E-state index in [9.17, 15) is 4.79 Å². The van der Waals surface area contributed by atoms with Crippen molar-refractivity contribution in [3.8, 4) is 0 Å². The van der Waals surface area contributed by atoms with Crippen molar-refractivity contribution < 1.29 is 15.0 Å². The Balaban J connectivity index is 0. The molecule has 0 fully saturated rings. The normalized spacial score (nSPS) is 10.3. The monoisotopic (exact) mass is 317 g/mol. The summed E-state index contributed by atoms with van der Waals surface area (Å²) in [6, 6.07) is 8.90. The highest BCUT2D eigenvalue weighted by Gasteiger charge is 2.06. The minimum absolute atomic E-state index is 0.505. The lowest BCUT2D eigenvalue weighted by atomic mass is 10.2. The Kier molecular flexibility index (Phi) is 15.8. The number of nitrogens with two attached hydrogens (primary N) is 1. The topological polar surface area (TPSA) is 83.5 Å². The van der Waals surface area contributed by atoms with Crippen molar-refractivity contribution in [1.82, 2.24) is 0 Å². The largest absolute Gasteiger partial charge is 0.480 e. The Labute approximate surface area is 139 Å². The molecule has 0 aliphatic carbocycles. The molecule has 4 heteroatoms. The highest BCUT2D eigenvalue weighted by atomic mass is 16.4.